The summed E-state index contributed by atoms with van der Waals surface area (Å²) in [5.74, 6) is -0.172. The minimum Gasteiger partial charge on any atom is -0.394 e. The molecule has 34 heavy (non-hydrogen) atoms. The number of ether oxygens (including phenoxy) is 2. The number of aliphatic hydroxyl groups excluding tert-OH is 1. The first-order valence-electron chi connectivity index (χ1n) is 12.4. The van der Waals surface area contributed by atoms with E-state index < -0.39 is 0 Å². The molecule has 0 bridgehead atoms. The lowest BCUT2D eigenvalue weighted by molar-refractivity contribution is -0.115. The number of Topliss-reactive ketones (excluding diaryl/α,β-unsaturated/α-hetero) is 1. The molecule has 0 aliphatic carbocycles. The van der Waals surface area contributed by atoms with Crippen molar-refractivity contribution in [2.45, 2.75) is 51.5 Å². The molecule has 1 aliphatic rings. The number of aliphatic hydroxyl groups is 1. The van der Waals surface area contributed by atoms with Gasteiger partial charge in [-0.25, -0.2) is 0 Å². The topological polar surface area (TPSA) is 82.8 Å². The maximum Gasteiger partial charge on any atom is 0.173 e. The van der Waals surface area contributed by atoms with Gasteiger partial charge in [-0.1, -0.05) is 25.1 Å². The normalized spacial score (nSPS) is 16.6. The number of fused-ring (bicyclic) bond motifs is 1. The zero-order valence-electron chi connectivity index (χ0n) is 20.2. The smallest absolute Gasteiger partial charge is 0.173 e. The number of allylic oxidation sites excluding steroid dienone is 1. The Bertz CT molecular complexity index is 1010. The molecule has 0 saturated carbocycles. The highest BCUT2D eigenvalue weighted by molar-refractivity contribution is 6.03. The zero-order valence-corrected chi connectivity index (χ0v) is 20.2. The Morgan fingerprint density at radius 3 is 2.65 bits per heavy atom. The number of anilines is 1. The molecule has 6 heteroatoms. The van der Waals surface area contributed by atoms with E-state index >= 15 is 0 Å². The zero-order chi connectivity index (χ0) is 24.2. The lowest BCUT2D eigenvalue weighted by Crippen LogP contribution is -2.39. The summed E-state index contributed by atoms with van der Waals surface area (Å²) in [7, 11) is 0. The fourth-order valence-corrected chi connectivity index (χ4v) is 4.48. The molecule has 1 unspecified atom stereocenters. The second kappa shape index (κ2) is 13.9. The Morgan fingerprint density at radius 1 is 1.12 bits per heavy atom. The largest absolute Gasteiger partial charge is 0.394 e. The van der Waals surface area contributed by atoms with Crippen LogP contribution < -0.4 is 4.90 Å². The van der Waals surface area contributed by atoms with Crippen LogP contribution in [-0.2, 0) is 14.3 Å². The van der Waals surface area contributed by atoms with E-state index in [1.165, 1.54) is 30.3 Å². The maximum absolute atomic E-state index is 12.5. The van der Waals surface area contributed by atoms with E-state index in [1.807, 2.05) is 12.1 Å². The molecule has 2 aromatic carbocycles. The molecule has 1 aliphatic heterocycles. The van der Waals surface area contributed by atoms with Gasteiger partial charge in [0.25, 0.3) is 0 Å². The molecule has 0 radical (unpaired) electrons. The summed E-state index contributed by atoms with van der Waals surface area (Å²) in [5, 5.41) is 20.4. The van der Waals surface area contributed by atoms with E-state index in [0.29, 0.717) is 38.9 Å². The molecule has 1 N–H and O–H groups in total. The Kier molecular flexibility index (Phi) is 10.6. The molecule has 0 spiro atoms. The average Bonchev–Trinajstić information content (AvgIpc) is 2.88. The van der Waals surface area contributed by atoms with Crippen LogP contribution in [0.5, 0.6) is 0 Å². The van der Waals surface area contributed by atoms with Crippen molar-refractivity contribution in [2.24, 2.45) is 0 Å². The van der Waals surface area contributed by atoms with E-state index in [4.69, 9.17) is 14.6 Å². The monoisotopic (exact) mass is 464 g/mol. The molecule has 1 saturated heterocycles. The highest BCUT2D eigenvalue weighted by Crippen LogP contribution is 2.30. The van der Waals surface area contributed by atoms with Gasteiger partial charge < -0.3 is 19.5 Å². The lowest BCUT2D eigenvalue weighted by Gasteiger charge is -2.37. The molecule has 1 fully saturated rings. The minimum absolute atomic E-state index is 0.00595. The third-order valence-corrected chi connectivity index (χ3v) is 6.31. The first kappa shape index (κ1) is 25.9. The van der Waals surface area contributed by atoms with Crippen LogP contribution in [0.15, 0.2) is 42.0 Å². The van der Waals surface area contributed by atoms with Crippen LogP contribution in [0.4, 0.5) is 5.69 Å². The highest BCUT2D eigenvalue weighted by atomic mass is 16.5. The van der Waals surface area contributed by atoms with Gasteiger partial charge >= 0.3 is 0 Å². The third kappa shape index (κ3) is 7.39. The molecular weight excluding hydrogens is 428 g/mol. The van der Waals surface area contributed by atoms with Gasteiger partial charge in [0.05, 0.1) is 32.0 Å². The van der Waals surface area contributed by atoms with E-state index in [1.54, 1.807) is 6.08 Å². The average molecular weight is 465 g/mol. The van der Waals surface area contributed by atoms with E-state index in [-0.39, 0.29) is 24.4 Å². The number of hydrogen-bond donors (Lipinski definition) is 1. The number of carbonyl (C=O) groups excluding carboxylic acids is 1. The summed E-state index contributed by atoms with van der Waals surface area (Å²) in [6.45, 7) is 4.94. The molecular formula is C28H36N2O4. The number of ketones is 1. The first-order chi connectivity index (χ1) is 16.7. The molecule has 0 amide bonds. The molecule has 182 valence electrons. The second-order valence-electron chi connectivity index (χ2n) is 8.69. The Balaban J connectivity index is 1.59. The summed E-state index contributed by atoms with van der Waals surface area (Å²) >= 11 is 0. The van der Waals surface area contributed by atoms with Crippen molar-refractivity contribution in [1.82, 2.24) is 0 Å². The quantitative estimate of drug-likeness (QED) is 0.258. The number of hydrogen-bond acceptors (Lipinski definition) is 6. The van der Waals surface area contributed by atoms with E-state index in [9.17, 15) is 10.1 Å². The first-order valence-corrected chi connectivity index (χ1v) is 12.4. The lowest BCUT2D eigenvalue weighted by atomic mass is 9.98. The van der Waals surface area contributed by atoms with E-state index in [2.05, 4.69) is 42.2 Å². The molecule has 2 aromatic rings. The molecule has 6 nitrogen and oxygen atoms in total. The Labute approximate surface area is 202 Å². The van der Waals surface area contributed by atoms with Gasteiger partial charge in [0.15, 0.2) is 5.78 Å². The number of nitrogens with zero attached hydrogens (tertiary/aromatic N) is 2. The summed E-state index contributed by atoms with van der Waals surface area (Å²) in [4.78, 5) is 15.0. The van der Waals surface area contributed by atoms with Crippen LogP contribution in [0.3, 0.4) is 0 Å². The summed E-state index contributed by atoms with van der Waals surface area (Å²) in [6.07, 6.45) is 7.47. The highest BCUT2D eigenvalue weighted by Gasteiger charge is 2.21. The predicted octanol–water partition coefficient (Wildman–Crippen LogP) is 4.89. The Morgan fingerprint density at radius 2 is 1.88 bits per heavy atom. The van der Waals surface area contributed by atoms with Crippen molar-refractivity contribution in [2.75, 3.05) is 44.5 Å². The second-order valence-corrected chi connectivity index (χ2v) is 8.69. The van der Waals surface area contributed by atoms with Gasteiger partial charge in [-0.2, -0.15) is 5.26 Å². The fourth-order valence-electron chi connectivity index (χ4n) is 4.48. The Hall–Kier alpha value is -2.72. The molecule has 3 rings (SSSR count). The van der Waals surface area contributed by atoms with Gasteiger partial charge in [-0.3, -0.25) is 4.79 Å². The van der Waals surface area contributed by atoms with Gasteiger partial charge in [0.2, 0.25) is 0 Å². The minimum atomic E-state index is -0.172. The van der Waals surface area contributed by atoms with Gasteiger partial charge in [-0.05, 0) is 72.7 Å². The van der Waals surface area contributed by atoms with Crippen LogP contribution in [0.1, 0.15) is 51.0 Å². The number of nitriles is 1. The van der Waals surface area contributed by atoms with Crippen LogP contribution >= 0.6 is 0 Å². The van der Waals surface area contributed by atoms with Crippen LogP contribution in [0.25, 0.3) is 16.8 Å². The van der Waals surface area contributed by atoms with Crippen LogP contribution in [0.2, 0.25) is 0 Å². The molecule has 0 aromatic heterocycles. The SMILES string of the molecule is CCC1CCCCN1c1ccc2cc(/C=C(\C#N)C(=O)CCCOCCOCCO)ccc2c1. The number of rotatable bonds is 13. The number of piperidine rings is 1. The van der Waals surface area contributed by atoms with E-state index in [0.717, 1.165) is 23.9 Å². The third-order valence-electron chi connectivity index (χ3n) is 6.31. The van der Waals surface area contributed by atoms with Crippen molar-refractivity contribution in [3.63, 3.8) is 0 Å². The number of benzene rings is 2. The summed E-state index contributed by atoms with van der Waals surface area (Å²) < 4.78 is 10.5. The molecule has 1 heterocycles. The van der Waals surface area contributed by atoms with Gasteiger partial charge in [-0.15, -0.1) is 0 Å². The fraction of sp³-hybridized carbons (Fsp3) is 0.500. The van der Waals surface area contributed by atoms with Crippen molar-refractivity contribution >= 4 is 28.3 Å². The van der Waals surface area contributed by atoms with Crippen molar-refractivity contribution in [3.8, 4) is 6.07 Å². The van der Waals surface area contributed by atoms with Crippen LogP contribution in [0, 0.1) is 11.3 Å². The predicted molar refractivity (Wildman–Crippen MR) is 136 cm³/mol. The summed E-state index contributed by atoms with van der Waals surface area (Å²) in [5.41, 5.74) is 2.30. The van der Waals surface area contributed by atoms with Crippen molar-refractivity contribution in [1.29, 1.82) is 5.26 Å². The van der Waals surface area contributed by atoms with Crippen molar-refractivity contribution in [3.05, 3.63) is 47.5 Å². The van der Waals surface area contributed by atoms with Crippen LogP contribution in [-0.4, -0.2) is 56.5 Å². The van der Waals surface area contributed by atoms with Crippen molar-refractivity contribution < 1.29 is 19.4 Å². The van der Waals surface area contributed by atoms with Gasteiger partial charge in [0.1, 0.15) is 6.07 Å². The standard InChI is InChI=1S/C28H36N2O4/c1-2-26-6-3-4-12-30(26)27-11-10-23-18-22(8-9-24(23)20-27)19-25(21-29)28(32)7-5-14-33-16-17-34-15-13-31/h8-11,18-20,26,31H,2-7,12-17H2,1H3/b25-19+. The van der Waals surface area contributed by atoms with Gasteiger partial charge in [0, 0.05) is 31.3 Å². The molecule has 1 atom stereocenters. The summed E-state index contributed by atoms with van der Waals surface area (Å²) in [6, 6.07) is 15.3. The maximum atomic E-state index is 12.5. The number of carbonyl (C=O) groups is 1.